The highest BCUT2D eigenvalue weighted by atomic mass is 80.0. The summed E-state index contributed by atoms with van der Waals surface area (Å²) in [5, 5.41) is 12.0. The van der Waals surface area contributed by atoms with Gasteiger partial charge in [0.25, 0.3) is 0 Å². The van der Waals surface area contributed by atoms with Crippen LogP contribution >= 0.6 is 303 Å². The zero-order chi connectivity index (χ0) is 25.0. The van der Waals surface area contributed by atoms with Gasteiger partial charge < -0.3 is 5.11 Å². The first-order valence-corrected chi connectivity index (χ1v) is 21.4. The monoisotopic (exact) mass is 1640 g/mol. The molecule has 1 aliphatic carbocycles. The second kappa shape index (κ2) is 11.0. The second-order valence-corrected chi connectivity index (χ2v) is 37.9. The van der Waals surface area contributed by atoms with E-state index in [2.05, 4.69) is 303 Å². The Kier molecular flexibility index (Phi) is 13.6. The first kappa shape index (κ1) is 37.1. The molecule has 0 aromatic heterocycles. The van der Waals surface area contributed by atoms with E-state index < -0.39 is 33.6 Å². The van der Waals surface area contributed by atoms with Gasteiger partial charge in [-0.25, -0.2) is 0 Å². The quantitative estimate of drug-likeness (QED) is 0.240. The van der Waals surface area contributed by atoms with Crippen LogP contribution in [0.2, 0.25) is 0 Å². The van der Waals surface area contributed by atoms with Crippen LogP contribution in [0.15, 0.2) is 0 Å². The summed E-state index contributed by atoms with van der Waals surface area (Å²) in [5.41, 5.74) is 0. The van der Waals surface area contributed by atoms with Gasteiger partial charge in [-0.2, -0.15) is 0 Å². The molecule has 0 atom stereocenters. The van der Waals surface area contributed by atoms with Crippen molar-refractivity contribution in [3.63, 3.8) is 0 Å². The summed E-state index contributed by atoms with van der Waals surface area (Å²) in [6, 6.07) is 0. The standard InChI is InChI=1S/C10HBr19O/c11-1(12)2(13,14)4(17,18)6(21,22)8(25,26)10(29,30)9(27,28)7(23,24)5(19,20)3(1,15)16/h30H. The van der Waals surface area contributed by atoms with Crippen LogP contribution in [0.5, 0.6) is 0 Å². The zero-order valence-electron chi connectivity index (χ0n) is 12.6. The van der Waals surface area contributed by atoms with E-state index in [0.717, 1.165) is 0 Å². The highest BCUT2D eigenvalue weighted by molar-refractivity contribution is 9.38. The molecule has 1 rings (SSSR count). The van der Waals surface area contributed by atoms with Gasteiger partial charge in [0, 0.05) is 0 Å². The van der Waals surface area contributed by atoms with Gasteiger partial charge in [0.05, 0.1) is 0 Å². The lowest BCUT2D eigenvalue weighted by Crippen LogP contribution is -2.77. The van der Waals surface area contributed by atoms with Gasteiger partial charge >= 0.3 is 0 Å². The normalized spacial score (nSPS) is 34.0. The first-order chi connectivity index (χ1) is 12.5. The lowest BCUT2D eigenvalue weighted by Gasteiger charge is -2.64. The van der Waals surface area contributed by atoms with E-state index in [0.29, 0.717) is 0 Å². The van der Waals surface area contributed by atoms with Gasteiger partial charge in [-0.15, -0.1) is 0 Å². The SMILES string of the molecule is OC1(Br)C(Br)(Br)C(Br)(Br)C(Br)(Br)C(Br)(Br)C(Br)(Br)C(Br)(Br)C(Br)(Br)C(Br)(Br)C1(Br)Br. The lowest BCUT2D eigenvalue weighted by atomic mass is 9.97. The number of aliphatic hydroxyl groups is 1. The average Bonchev–Trinajstić information content (AvgIpc) is 2.51. The smallest absolute Gasteiger partial charge is 0.174 e. The number of halogens is 19. The van der Waals surface area contributed by atoms with Crippen LogP contribution in [0, 0.1) is 0 Å². The molecule has 30 heavy (non-hydrogen) atoms. The number of hydrogen-bond donors (Lipinski definition) is 1. The molecule has 0 spiro atoms. The summed E-state index contributed by atoms with van der Waals surface area (Å²) in [5.74, 6) is 0. The number of hydrogen-bond acceptors (Lipinski definition) is 1. The zero-order valence-corrected chi connectivity index (χ0v) is 42.8. The van der Waals surface area contributed by atoms with E-state index in [1.165, 1.54) is 0 Å². The van der Waals surface area contributed by atoms with Crippen LogP contribution in [0.25, 0.3) is 0 Å². The Morgan fingerprint density at radius 1 is 0.233 bits per heavy atom. The average molecular weight is 1660 g/mol. The van der Waals surface area contributed by atoms with E-state index in [-0.39, 0.29) is 0 Å². The molecule has 0 saturated heterocycles. The second-order valence-electron chi connectivity index (χ2n) is 5.79. The molecule has 1 N–H and O–H groups in total. The molecule has 0 unspecified atom stereocenters. The van der Waals surface area contributed by atoms with Crippen LogP contribution in [0.1, 0.15) is 0 Å². The third-order valence-electron chi connectivity index (χ3n) is 3.99. The van der Waals surface area contributed by atoms with Crippen LogP contribution in [-0.2, 0) is 0 Å². The fourth-order valence-electron chi connectivity index (χ4n) is 1.99. The van der Waals surface area contributed by atoms with E-state index in [1.807, 2.05) is 0 Å². The van der Waals surface area contributed by atoms with Crippen LogP contribution in [0.4, 0.5) is 0 Å². The van der Waals surface area contributed by atoms with Gasteiger partial charge in [0.1, 0.15) is 29.1 Å². The Morgan fingerprint density at radius 2 is 0.333 bits per heavy atom. The minimum absolute atomic E-state index is 1.08. The Labute approximate surface area is 333 Å². The minimum atomic E-state index is -1.82. The fourth-order valence-corrected chi connectivity index (χ4v) is 22.8. The van der Waals surface area contributed by atoms with Crippen molar-refractivity contribution in [1.82, 2.24) is 0 Å². The van der Waals surface area contributed by atoms with E-state index in [9.17, 15) is 5.11 Å². The Bertz CT molecular complexity index is 463. The molecule has 180 valence electrons. The maximum atomic E-state index is 12.0. The minimum Gasteiger partial charge on any atom is -0.374 e. The Balaban J connectivity index is 4.35. The number of alkyl halides is 19. The maximum absolute atomic E-state index is 12.0. The molecule has 0 bridgehead atoms. The summed E-state index contributed by atoms with van der Waals surface area (Å²) in [6.07, 6.45) is 0. The van der Waals surface area contributed by atoms with Crippen molar-refractivity contribution in [3.8, 4) is 0 Å². The summed E-state index contributed by atoms with van der Waals surface area (Å²) >= 11 is 71.3. The molecule has 0 aliphatic heterocycles. The summed E-state index contributed by atoms with van der Waals surface area (Å²) < 4.78 is -12.5. The first-order valence-electron chi connectivity index (χ1n) is 6.31. The van der Waals surface area contributed by atoms with E-state index >= 15 is 0 Å². The van der Waals surface area contributed by atoms with E-state index in [1.54, 1.807) is 0 Å². The molecule has 0 heterocycles. The van der Waals surface area contributed by atoms with Crippen molar-refractivity contribution in [2.24, 2.45) is 0 Å². The van der Waals surface area contributed by atoms with Crippen molar-refractivity contribution in [2.45, 2.75) is 33.6 Å². The Hall–Kier alpha value is 9.08. The molecule has 0 aromatic rings. The Morgan fingerprint density at radius 3 is 0.467 bits per heavy atom. The van der Waals surface area contributed by atoms with Gasteiger partial charge in [0.15, 0.2) is 4.51 Å². The molecule has 1 aliphatic rings. The van der Waals surface area contributed by atoms with Crippen LogP contribution in [-0.4, -0.2) is 38.7 Å². The van der Waals surface area contributed by atoms with Crippen molar-refractivity contribution >= 4 is 303 Å². The predicted octanol–water partition coefficient (Wildman–Crippen LogP) is 13.5. The number of rotatable bonds is 0. The van der Waals surface area contributed by atoms with Crippen molar-refractivity contribution in [1.29, 1.82) is 0 Å². The summed E-state index contributed by atoms with van der Waals surface area (Å²) in [4.78, 5) is 0. The lowest BCUT2D eigenvalue weighted by molar-refractivity contribution is 0.117. The molecular formula is C10HBr19O. The molecule has 1 fully saturated rings. The molecule has 1 nitrogen and oxygen atoms in total. The molecule has 20 heteroatoms. The van der Waals surface area contributed by atoms with Gasteiger partial charge in [-0.1, -0.05) is 287 Å². The van der Waals surface area contributed by atoms with Crippen LogP contribution < -0.4 is 0 Å². The van der Waals surface area contributed by atoms with E-state index in [4.69, 9.17) is 0 Å². The third kappa shape index (κ3) is 4.92. The van der Waals surface area contributed by atoms with Gasteiger partial charge in [-0.05, 0) is 15.9 Å². The third-order valence-corrected chi connectivity index (χ3v) is 45.7. The fraction of sp³-hybridized carbons (Fsp3) is 1.00. The summed E-state index contributed by atoms with van der Waals surface area (Å²) in [6.45, 7) is 0. The largest absolute Gasteiger partial charge is 0.374 e. The highest BCUT2D eigenvalue weighted by Gasteiger charge is 2.85. The molecule has 0 aromatic carbocycles. The molecule has 0 radical (unpaired) electrons. The molecular weight excluding hydrogens is 1650 g/mol. The van der Waals surface area contributed by atoms with Crippen molar-refractivity contribution < 1.29 is 5.11 Å². The predicted molar refractivity (Wildman–Crippen MR) is 199 cm³/mol. The topological polar surface area (TPSA) is 20.2 Å². The molecule has 0 amide bonds. The summed E-state index contributed by atoms with van der Waals surface area (Å²) in [7, 11) is 0. The highest BCUT2D eigenvalue weighted by Crippen LogP contribution is 2.82. The van der Waals surface area contributed by atoms with Gasteiger partial charge in [-0.3, -0.25) is 0 Å². The maximum Gasteiger partial charge on any atom is 0.174 e. The van der Waals surface area contributed by atoms with Crippen molar-refractivity contribution in [3.05, 3.63) is 0 Å². The van der Waals surface area contributed by atoms with Gasteiger partial charge in [0.2, 0.25) is 0 Å². The molecule has 1 saturated carbocycles. The van der Waals surface area contributed by atoms with Crippen molar-refractivity contribution in [2.75, 3.05) is 0 Å². The van der Waals surface area contributed by atoms with Crippen LogP contribution in [0.3, 0.4) is 0 Å².